The van der Waals surface area contributed by atoms with E-state index in [0.29, 0.717) is 11.8 Å². The quantitative estimate of drug-likeness (QED) is 0.507. The van der Waals surface area contributed by atoms with Gasteiger partial charge in [-0.05, 0) is 54.2 Å². The SMILES string of the molecule is CC/C=C(/Sc1ccc(C(C)(F)F)cc1C)C1CCCCC1C. The maximum Gasteiger partial charge on any atom is 0.270 e. The zero-order chi connectivity index (χ0) is 17.0. The molecule has 1 aliphatic rings. The average molecular weight is 339 g/mol. The molecule has 2 atom stereocenters. The molecule has 1 saturated carbocycles. The summed E-state index contributed by atoms with van der Waals surface area (Å²) in [6.45, 7) is 7.41. The number of allylic oxidation sites excluding steroid dienone is 2. The fourth-order valence-corrected chi connectivity index (χ4v) is 4.73. The van der Waals surface area contributed by atoms with Crippen LogP contribution in [0.5, 0.6) is 0 Å². The molecule has 3 heteroatoms. The Hall–Kier alpha value is -0.830. The second-order valence-corrected chi connectivity index (χ2v) is 7.97. The van der Waals surface area contributed by atoms with E-state index in [0.717, 1.165) is 23.8 Å². The van der Waals surface area contributed by atoms with Crippen LogP contribution in [-0.4, -0.2) is 0 Å². The van der Waals surface area contributed by atoms with Crippen molar-refractivity contribution in [1.29, 1.82) is 0 Å². The number of hydrogen-bond acceptors (Lipinski definition) is 1. The highest BCUT2D eigenvalue weighted by atomic mass is 32.2. The van der Waals surface area contributed by atoms with Crippen molar-refractivity contribution in [2.24, 2.45) is 11.8 Å². The molecular weight excluding hydrogens is 310 g/mol. The summed E-state index contributed by atoms with van der Waals surface area (Å²) >= 11 is 1.79. The summed E-state index contributed by atoms with van der Waals surface area (Å²) < 4.78 is 26.9. The number of alkyl halides is 2. The maximum absolute atomic E-state index is 13.5. The lowest BCUT2D eigenvalue weighted by Gasteiger charge is -2.31. The highest BCUT2D eigenvalue weighted by molar-refractivity contribution is 8.03. The fraction of sp³-hybridized carbons (Fsp3) is 0.600. The molecule has 0 aromatic heterocycles. The highest BCUT2D eigenvalue weighted by Crippen LogP contribution is 2.43. The molecule has 0 heterocycles. The highest BCUT2D eigenvalue weighted by Gasteiger charge is 2.27. The molecule has 0 nitrogen and oxygen atoms in total. The molecule has 1 aliphatic carbocycles. The van der Waals surface area contributed by atoms with Crippen LogP contribution in [0.3, 0.4) is 0 Å². The second kappa shape index (κ2) is 7.83. The van der Waals surface area contributed by atoms with Gasteiger partial charge >= 0.3 is 0 Å². The molecule has 0 bridgehead atoms. The van der Waals surface area contributed by atoms with Gasteiger partial charge < -0.3 is 0 Å². The van der Waals surface area contributed by atoms with E-state index in [9.17, 15) is 8.78 Å². The summed E-state index contributed by atoms with van der Waals surface area (Å²) in [5, 5.41) is 0. The van der Waals surface area contributed by atoms with Gasteiger partial charge in [-0.15, -0.1) is 0 Å². The van der Waals surface area contributed by atoms with E-state index in [1.54, 1.807) is 23.9 Å². The Kier molecular flexibility index (Phi) is 6.30. The Morgan fingerprint density at radius 3 is 2.57 bits per heavy atom. The minimum Gasteiger partial charge on any atom is -0.202 e. The molecular formula is C20H28F2S. The zero-order valence-corrected chi connectivity index (χ0v) is 15.5. The molecule has 1 aromatic carbocycles. The first-order chi connectivity index (χ1) is 10.8. The lowest BCUT2D eigenvalue weighted by molar-refractivity contribution is 0.0173. The van der Waals surface area contributed by atoms with Gasteiger partial charge in [-0.3, -0.25) is 0 Å². The third kappa shape index (κ3) is 4.82. The summed E-state index contributed by atoms with van der Waals surface area (Å²) in [7, 11) is 0. The third-order valence-corrected chi connectivity index (χ3v) is 6.17. The molecule has 23 heavy (non-hydrogen) atoms. The standard InChI is InChI=1S/C20H28F2S/c1-5-8-19(17-10-7-6-9-14(17)2)23-18-12-11-16(13-15(18)3)20(4,21)22/h8,11-14,17H,5-7,9-10H2,1-4H3/b19-8+. The Morgan fingerprint density at radius 1 is 1.30 bits per heavy atom. The van der Waals surface area contributed by atoms with E-state index in [-0.39, 0.29) is 5.56 Å². The van der Waals surface area contributed by atoms with Crippen molar-refractivity contribution in [2.45, 2.75) is 70.6 Å². The minimum atomic E-state index is -2.77. The van der Waals surface area contributed by atoms with Gasteiger partial charge in [0.1, 0.15) is 0 Å². The van der Waals surface area contributed by atoms with Crippen molar-refractivity contribution in [1.82, 2.24) is 0 Å². The summed E-state index contributed by atoms with van der Waals surface area (Å²) in [6, 6.07) is 5.07. The van der Waals surface area contributed by atoms with Gasteiger partial charge in [0.25, 0.3) is 5.92 Å². The van der Waals surface area contributed by atoms with Crippen LogP contribution in [0.25, 0.3) is 0 Å². The smallest absolute Gasteiger partial charge is 0.202 e. The number of benzene rings is 1. The van der Waals surface area contributed by atoms with E-state index in [1.165, 1.54) is 30.6 Å². The Bertz CT molecular complexity index is 557. The van der Waals surface area contributed by atoms with E-state index in [4.69, 9.17) is 0 Å². The molecule has 0 radical (unpaired) electrons. The van der Waals surface area contributed by atoms with Gasteiger partial charge in [-0.25, -0.2) is 8.78 Å². The number of halogens is 2. The second-order valence-electron chi connectivity index (χ2n) is 6.85. The van der Waals surface area contributed by atoms with Crippen LogP contribution in [0.4, 0.5) is 8.78 Å². The predicted octanol–water partition coefficient (Wildman–Crippen LogP) is 7.32. The topological polar surface area (TPSA) is 0 Å². The van der Waals surface area contributed by atoms with E-state index in [2.05, 4.69) is 19.9 Å². The molecule has 2 unspecified atom stereocenters. The van der Waals surface area contributed by atoms with Crippen LogP contribution in [0.15, 0.2) is 34.1 Å². The van der Waals surface area contributed by atoms with Crippen LogP contribution in [0.1, 0.15) is 64.0 Å². The van der Waals surface area contributed by atoms with Crippen LogP contribution in [-0.2, 0) is 5.92 Å². The van der Waals surface area contributed by atoms with Crippen LogP contribution < -0.4 is 0 Å². The van der Waals surface area contributed by atoms with Gasteiger partial charge in [-0.2, -0.15) is 0 Å². The van der Waals surface area contributed by atoms with Gasteiger partial charge in [0.05, 0.1) is 0 Å². The van der Waals surface area contributed by atoms with Crippen LogP contribution >= 0.6 is 11.8 Å². The summed E-state index contributed by atoms with van der Waals surface area (Å²) in [5.41, 5.74) is 1.05. The Labute approximate surface area is 143 Å². The molecule has 0 spiro atoms. The fourth-order valence-electron chi connectivity index (χ4n) is 3.37. The van der Waals surface area contributed by atoms with Gasteiger partial charge in [-0.1, -0.05) is 57.0 Å². The lowest BCUT2D eigenvalue weighted by atomic mass is 9.80. The normalized spacial score (nSPS) is 23.1. The predicted molar refractivity (Wildman–Crippen MR) is 96.1 cm³/mol. The number of hydrogen-bond donors (Lipinski definition) is 0. The number of thioether (sulfide) groups is 1. The first-order valence-corrected chi connectivity index (χ1v) is 9.51. The molecule has 0 amide bonds. The minimum absolute atomic E-state index is 0.103. The van der Waals surface area contributed by atoms with Gasteiger partial charge in [0.2, 0.25) is 0 Å². The third-order valence-electron chi connectivity index (χ3n) is 4.79. The van der Waals surface area contributed by atoms with E-state index >= 15 is 0 Å². The molecule has 1 aromatic rings. The largest absolute Gasteiger partial charge is 0.270 e. The summed E-state index contributed by atoms with van der Waals surface area (Å²) in [5.74, 6) is -1.43. The number of aryl methyl sites for hydroxylation is 1. The first-order valence-electron chi connectivity index (χ1n) is 8.69. The molecule has 128 valence electrons. The molecule has 1 fully saturated rings. The van der Waals surface area contributed by atoms with Crippen molar-refractivity contribution in [3.8, 4) is 0 Å². The van der Waals surface area contributed by atoms with Crippen molar-refractivity contribution in [3.05, 3.63) is 40.3 Å². The van der Waals surface area contributed by atoms with Crippen molar-refractivity contribution in [3.63, 3.8) is 0 Å². The lowest BCUT2D eigenvalue weighted by Crippen LogP contribution is -2.17. The van der Waals surface area contributed by atoms with Crippen LogP contribution in [0, 0.1) is 18.8 Å². The molecule has 2 rings (SSSR count). The van der Waals surface area contributed by atoms with Crippen molar-refractivity contribution in [2.75, 3.05) is 0 Å². The van der Waals surface area contributed by atoms with Crippen LogP contribution in [0.2, 0.25) is 0 Å². The average Bonchev–Trinajstić information content (AvgIpc) is 2.48. The van der Waals surface area contributed by atoms with Gasteiger partial charge in [0.15, 0.2) is 0 Å². The van der Waals surface area contributed by atoms with E-state index < -0.39 is 5.92 Å². The Morgan fingerprint density at radius 2 is 2.00 bits per heavy atom. The Balaban J connectivity index is 2.22. The summed E-state index contributed by atoms with van der Waals surface area (Å²) in [4.78, 5) is 2.54. The first kappa shape index (κ1) is 18.5. The van der Waals surface area contributed by atoms with Crippen molar-refractivity contribution >= 4 is 11.8 Å². The number of rotatable bonds is 5. The maximum atomic E-state index is 13.5. The molecule has 0 N–H and O–H groups in total. The van der Waals surface area contributed by atoms with Gasteiger partial charge in [0, 0.05) is 17.4 Å². The monoisotopic (exact) mass is 338 g/mol. The molecule has 0 saturated heterocycles. The van der Waals surface area contributed by atoms with Crippen molar-refractivity contribution < 1.29 is 8.78 Å². The van der Waals surface area contributed by atoms with E-state index in [1.807, 2.05) is 13.0 Å². The molecule has 0 aliphatic heterocycles. The zero-order valence-electron chi connectivity index (χ0n) is 14.7. The summed E-state index contributed by atoms with van der Waals surface area (Å²) in [6.07, 6.45) is 8.54.